The van der Waals surface area contributed by atoms with Gasteiger partial charge in [0, 0.05) is 28.7 Å². The van der Waals surface area contributed by atoms with E-state index in [2.05, 4.69) is 6.92 Å². The molecule has 3 heteroatoms. The molecule has 0 aromatic heterocycles. The van der Waals surface area contributed by atoms with Gasteiger partial charge in [0.15, 0.2) is 11.6 Å². The van der Waals surface area contributed by atoms with E-state index in [1.807, 2.05) is 38.1 Å². The molecule has 0 unspecified atom stereocenters. The minimum Gasteiger partial charge on any atom is -0.497 e. The molecule has 3 nitrogen and oxygen atoms in total. The predicted octanol–water partition coefficient (Wildman–Crippen LogP) is 4.61. The number of benzene rings is 2. The van der Waals surface area contributed by atoms with Crippen molar-refractivity contribution in [2.24, 2.45) is 0 Å². The standard InChI is InChI=1S/C11H5O2.C8H10O.C2H6/c12-10-6-3-1-2-4-7(6)11(13)9-5-8(9)10;1-7-3-5-8(9-2)6-4-7;1-2/h1-5H;3-6H,1-2H3;1-2H3. The fraction of sp³-hybridized carbons (Fsp3) is 0.190. The maximum Gasteiger partial charge on any atom is 0.190 e. The van der Waals surface area contributed by atoms with Crippen LogP contribution in [-0.2, 0) is 0 Å². The Hall–Kier alpha value is -2.68. The van der Waals surface area contributed by atoms with Crippen LogP contribution in [0.3, 0.4) is 0 Å². The van der Waals surface area contributed by atoms with E-state index in [9.17, 15) is 9.59 Å². The summed E-state index contributed by atoms with van der Waals surface area (Å²) < 4.78 is 4.97. The van der Waals surface area contributed by atoms with Gasteiger partial charge in [-0.2, -0.15) is 0 Å². The number of allylic oxidation sites excluding steroid dienone is 2. The molecule has 0 bridgehead atoms. The topological polar surface area (TPSA) is 43.4 Å². The van der Waals surface area contributed by atoms with Crippen molar-refractivity contribution in [2.75, 3.05) is 7.11 Å². The molecule has 0 aliphatic heterocycles. The summed E-state index contributed by atoms with van der Waals surface area (Å²) in [6, 6.07) is 14.9. The summed E-state index contributed by atoms with van der Waals surface area (Å²) in [5.41, 5.74) is 3.54. The maximum atomic E-state index is 11.6. The van der Waals surface area contributed by atoms with Gasteiger partial charge in [-0.3, -0.25) is 9.59 Å². The second-order valence-corrected chi connectivity index (χ2v) is 5.19. The van der Waals surface area contributed by atoms with Gasteiger partial charge in [-0.05, 0) is 19.1 Å². The van der Waals surface area contributed by atoms with Crippen molar-refractivity contribution in [3.63, 3.8) is 0 Å². The third kappa shape index (κ3) is 3.62. The Kier molecular flexibility index (Phi) is 5.69. The van der Waals surface area contributed by atoms with Crippen molar-refractivity contribution in [3.05, 3.63) is 82.8 Å². The van der Waals surface area contributed by atoms with E-state index in [1.54, 1.807) is 37.8 Å². The van der Waals surface area contributed by atoms with Gasteiger partial charge in [0.25, 0.3) is 0 Å². The van der Waals surface area contributed by atoms with Crippen LogP contribution in [0, 0.1) is 13.3 Å². The van der Waals surface area contributed by atoms with Crippen molar-refractivity contribution < 1.29 is 14.3 Å². The summed E-state index contributed by atoms with van der Waals surface area (Å²) in [7, 11) is 1.67. The van der Waals surface area contributed by atoms with Gasteiger partial charge in [-0.25, -0.2) is 0 Å². The van der Waals surface area contributed by atoms with Crippen LogP contribution in [0.4, 0.5) is 0 Å². The van der Waals surface area contributed by atoms with E-state index >= 15 is 0 Å². The molecule has 0 saturated heterocycles. The molecule has 2 aromatic rings. The summed E-state index contributed by atoms with van der Waals surface area (Å²) in [6.07, 6.45) is 1.66. The highest BCUT2D eigenvalue weighted by Crippen LogP contribution is 2.40. The van der Waals surface area contributed by atoms with Gasteiger partial charge in [0.05, 0.1) is 7.11 Å². The number of ether oxygens (including phenoxy) is 1. The van der Waals surface area contributed by atoms with Crippen LogP contribution in [0.15, 0.2) is 59.7 Å². The summed E-state index contributed by atoms with van der Waals surface area (Å²) in [5.74, 6) is 0.899. The molecular weight excluding hydrogens is 300 g/mol. The van der Waals surface area contributed by atoms with Crippen LogP contribution >= 0.6 is 0 Å². The number of hydrogen-bond donors (Lipinski definition) is 0. The zero-order chi connectivity index (χ0) is 17.7. The first-order chi connectivity index (χ1) is 11.6. The van der Waals surface area contributed by atoms with Gasteiger partial charge in [0.2, 0.25) is 0 Å². The average Bonchev–Trinajstić information content (AvgIpc) is 3.44. The number of carbonyl (C=O) groups is 2. The Morgan fingerprint density at radius 1 is 0.750 bits per heavy atom. The molecule has 2 aliphatic carbocycles. The molecule has 4 rings (SSSR count). The van der Waals surface area contributed by atoms with Crippen molar-refractivity contribution >= 4 is 11.6 Å². The molecular formula is C21H21O3. The number of rotatable bonds is 1. The Balaban J connectivity index is 0.000000167. The SMILES string of the molecule is CC.COc1ccc(C)cc1.O=C1C2=C([CH]2)C(=O)c2ccccc21. The van der Waals surface area contributed by atoms with Crippen molar-refractivity contribution in [1.82, 2.24) is 0 Å². The molecule has 0 spiro atoms. The third-order valence-corrected chi connectivity index (χ3v) is 3.66. The molecule has 0 atom stereocenters. The Labute approximate surface area is 143 Å². The quantitative estimate of drug-likeness (QED) is 0.770. The van der Waals surface area contributed by atoms with Crippen LogP contribution in [0.5, 0.6) is 5.75 Å². The van der Waals surface area contributed by atoms with Crippen LogP contribution < -0.4 is 4.74 Å². The molecule has 1 radical (unpaired) electrons. The lowest BCUT2D eigenvalue weighted by Crippen LogP contribution is -2.10. The number of hydrogen-bond acceptors (Lipinski definition) is 3. The van der Waals surface area contributed by atoms with Crippen LogP contribution in [0.2, 0.25) is 0 Å². The normalized spacial score (nSPS) is 13.7. The number of fused-ring (bicyclic) bond motifs is 1. The summed E-state index contributed by atoms with van der Waals surface area (Å²) in [5, 5.41) is 0. The lowest BCUT2D eigenvalue weighted by Gasteiger charge is -2.06. The van der Waals surface area contributed by atoms with Gasteiger partial charge in [-0.15, -0.1) is 0 Å². The second kappa shape index (κ2) is 7.73. The van der Waals surface area contributed by atoms with E-state index in [4.69, 9.17) is 4.74 Å². The van der Waals surface area contributed by atoms with Crippen LogP contribution in [0.25, 0.3) is 0 Å². The van der Waals surface area contributed by atoms with E-state index in [0.717, 1.165) is 5.75 Å². The lowest BCUT2D eigenvalue weighted by molar-refractivity contribution is 0.0994. The Morgan fingerprint density at radius 3 is 1.62 bits per heavy atom. The zero-order valence-electron chi connectivity index (χ0n) is 14.4. The smallest absolute Gasteiger partial charge is 0.190 e. The van der Waals surface area contributed by atoms with Crippen LogP contribution in [-0.4, -0.2) is 18.7 Å². The van der Waals surface area contributed by atoms with E-state index in [-0.39, 0.29) is 11.6 Å². The van der Waals surface area contributed by atoms with E-state index in [1.165, 1.54) is 5.56 Å². The highest BCUT2D eigenvalue weighted by atomic mass is 16.5. The molecule has 0 amide bonds. The predicted molar refractivity (Wildman–Crippen MR) is 95.5 cm³/mol. The van der Waals surface area contributed by atoms with E-state index in [0.29, 0.717) is 22.3 Å². The number of methoxy groups -OCH3 is 1. The largest absolute Gasteiger partial charge is 0.497 e. The molecule has 123 valence electrons. The summed E-state index contributed by atoms with van der Waals surface area (Å²) in [6.45, 7) is 6.06. The Bertz CT molecular complexity index is 740. The molecule has 24 heavy (non-hydrogen) atoms. The third-order valence-electron chi connectivity index (χ3n) is 3.66. The van der Waals surface area contributed by atoms with Gasteiger partial charge in [-0.1, -0.05) is 55.8 Å². The van der Waals surface area contributed by atoms with Gasteiger partial charge in [0.1, 0.15) is 5.75 Å². The summed E-state index contributed by atoms with van der Waals surface area (Å²) in [4.78, 5) is 23.1. The van der Waals surface area contributed by atoms with Crippen molar-refractivity contribution in [2.45, 2.75) is 20.8 Å². The molecule has 0 saturated carbocycles. The molecule has 0 fully saturated rings. The number of carbonyl (C=O) groups excluding carboxylic acids is 2. The van der Waals surface area contributed by atoms with Gasteiger partial charge < -0.3 is 4.74 Å². The number of ketones is 2. The molecule has 2 aromatic carbocycles. The minimum absolute atomic E-state index is 0.00907. The highest BCUT2D eigenvalue weighted by Gasteiger charge is 2.40. The maximum absolute atomic E-state index is 11.6. The average molecular weight is 321 g/mol. The molecule has 0 heterocycles. The minimum atomic E-state index is -0.00907. The number of aryl methyl sites for hydroxylation is 1. The fourth-order valence-electron chi connectivity index (χ4n) is 2.33. The first-order valence-electron chi connectivity index (χ1n) is 8.00. The first-order valence-corrected chi connectivity index (χ1v) is 8.00. The molecule has 2 aliphatic rings. The van der Waals surface area contributed by atoms with Gasteiger partial charge >= 0.3 is 0 Å². The lowest BCUT2D eigenvalue weighted by atomic mass is 9.95. The zero-order valence-corrected chi connectivity index (χ0v) is 14.4. The molecule has 0 N–H and O–H groups in total. The monoisotopic (exact) mass is 321 g/mol. The highest BCUT2D eigenvalue weighted by molar-refractivity contribution is 6.34. The van der Waals surface area contributed by atoms with Crippen molar-refractivity contribution in [3.8, 4) is 5.75 Å². The number of Topliss-reactive ketones (excluding diaryl/α,β-unsaturated/α-hetero) is 2. The second-order valence-electron chi connectivity index (χ2n) is 5.19. The Morgan fingerprint density at radius 2 is 1.21 bits per heavy atom. The van der Waals surface area contributed by atoms with E-state index < -0.39 is 0 Å². The fourth-order valence-corrected chi connectivity index (χ4v) is 2.33. The van der Waals surface area contributed by atoms with Crippen LogP contribution in [0.1, 0.15) is 40.1 Å². The summed E-state index contributed by atoms with van der Waals surface area (Å²) >= 11 is 0. The van der Waals surface area contributed by atoms with Crippen molar-refractivity contribution in [1.29, 1.82) is 0 Å². The first kappa shape index (κ1) is 17.7.